The molecule has 72 valence electrons. The van der Waals surface area contributed by atoms with E-state index in [1.807, 2.05) is 0 Å². The van der Waals surface area contributed by atoms with Crippen LogP contribution in [0.4, 0.5) is 0 Å². The molecule has 0 aliphatic rings. The fourth-order valence-electron chi connectivity index (χ4n) is 0.963. The zero-order valence-corrected chi connectivity index (χ0v) is 7.82. The lowest BCUT2D eigenvalue weighted by molar-refractivity contribution is -0.0815. The van der Waals surface area contributed by atoms with Crippen molar-refractivity contribution in [3.63, 3.8) is 0 Å². The minimum Gasteiger partial charge on any atom is -0.393 e. The summed E-state index contributed by atoms with van der Waals surface area (Å²) >= 11 is 0. The minimum atomic E-state index is -0.341. The predicted octanol–water partition coefficient (Wildman–Crippen LogP) is 1.32. The Morgan fingerprint density at radius 3 is 2.67 bits per heavy atom. The minimum absolute atomic E-state index is 0.0162. The molecular weight excluding hydrogens is 156 g/mol. The molecule has 0 rings (SSSR count). The Morgan fingerprint density at radius 1 is 1.58 bits per heavy atom. The van der Waals surface area contributed by atoms with Crippen LogP contribution in [0.5, 0.6) is 0 Å². The van der Waals surface area contributed by atoms with Crippen LogP contribution in [0.15, 0.2) is 12.7 Å². The van der Waals surface area contributed by atoms with Crippen molar-refractivity contribution in [3.05, 3.63) is 12.7 Å². The molecule has 0 aromatic heterocycles. The normalized spacial score (nSPS) is 15.6. The van der Waals surface area contributed by atoms with E-state index in [2.05, 4.69) is 6.58 Å². The average Bonchev–Trinajstić information content (AvgIpc) is 2.00. The molecule has 0 saturated carbocycles. The molecule has 3 nitrogen and oxygen atoms in total. The predicted molar refractivity (Wildman–Crippen MR) is 47.9 cm³/mol. The highest BCUT2D eigenvalue weighted by atomic mass is 16.7. The fraction of sp³-hybridized carbons (Fsp3) is 0.778. The molecule has 0 radical (unpaired) electrons. The van der Waals surface area contributed by atoms with Gasteiger partial charge in [-0.2, -0.15) is 0 Å². The number of aliphatic hydroxyl groups excluding tert-OH is 1. The van der Waals surface area contributed by atoms with E-state index in [-0.39, 0.29) is 19.0 Å². The fourth-order valence-corrected chi connectivity index (χ4v) is 0.963. The maximum Gasteiger partial charge on any atom is 0.146 e. The van der Waals surface area contributed by atoms with Crippen LogP contribution < -0.4 is 0 Å². The van der Waals surface area contributed by atoms with Gasteiger partial charge in [-0.1, -0.05) is 6.08 Å². The molecule has 0 aliphatic heterocycles. The molecule has 0 saturated heterocycles. The molecule has 0 bridgehead atoms. The molecule has 0 aromatic rings. The van der Waals surface area contributed by atoms with Crippen LogP contribution in [-0.4, -0.2) is 31.2 Å². The third kappa shape index (κ3) is 6.34. The molecule has 0 heterocycles. The lowest BCUT2D eigenvalue weighted by atomic mass is 10.1. The van der Waals surface area contributed by atoms with Gasteiger partial charge in [0, 0.05) is 7.11 Å². The van der Waals surface area contributed by atoms with Crippen molar-refractivity contribution in [1.82, 2.24) is 0 Å². The Kier molecular flexibility index (Phi) is 7.05. The number of hydrogen-bond acceptors (Lipinski definition) is 3. The highest BCUT2D eigenvalue weighted by Crippen LogP contribution is 2.07. The lowest BCUT2D eigenvalue weighted by Gasteiger charge is -2.16. The number of hydrogen-bond donors (Lipinski definition) is 1. The lowest BCUT2D eigenvalue weighted by Crippen LogP contribution is -2.19. The van der Waals surface area contributed by atoms with Gasteiger partial charge in [0.2, 0.25) is 0 Å². The first-order chi connectivity index (χ1) is 5.70. The van der Waals surface area contributed by atoms with Gasteiger partial charge < -0.3 is 14.6 Å². The van der Waals surface area contributed by atoms with Crippen LogP contribution in [0.1, 0.15) is 19.8 Å². The summed E-state index contributed by atoms with van der Waals surface area (Å²) in [5.41, 5.74) is 0. The summed E-state index contributed by atoms with van der Waals surface area (Å²) < 4.78 is 10.1. The van der Waals surface area contributed by atoms with Crippen molar-refractivity contribution in [2.24, 2.45) is 0 Å². The van der Waals surface area contributed by atoms with Gasteiger partial charge in [-0.05, 0) is 19.8 Å². The zero-order chi connectivity index (χ0) is 9.40. The van der Waals surface area contributed by atoms with Gasteiger partial charge in [0.15, 0.2) is 0 Å². The van der Waals surface area contributed by atoms with Gasteiger partial charge in [-0.3, -0.25) is 0 Å². The van der Waals surface area contributed by atoms with Gasteiger partial charge in [-0.15, -0.1) is 6.58 Å². The van der Waals surface area contributed by atoms with E-state index in [1.54, 1.807) is 20.1 Å². The smallest absolute Gasteiger partial charge is 0.146 e. The molecule has 0 aromatic carbocycles. The summed E-state index contributed by atoms with van der Waals surface area (Å²) in [4.78, 5) is 0. The van der Waals surface area contributed by atoms with Crippen molar-refractivity contribution in [2.75, 3.05) is 13.9 Å². The molecule has 12 heavy (non-hydrogen) atoms. The first-order valence-corrected chi connectivity index (χ1v) is 4.10. The maximum atomic E-state index is 9.09. The SMILES string of the molecule is C=CC[C@H](C[C@@H](C)O)OCOC. The van der Waals surface area contributed by atoms with Crippen molar-refractivity contribution in [1.29, 1.82) is 0 Å². The van der Waals surface area contributed by atoms with E-state index in [0.717, 1.165) is 6.42 Å². The van der Waals surface area contributed by atoms with E-state index in [1.165, 1.54) is 0 Å². The molecule has 2 atom stereocenters. The number of methoxy groups -OCH3 is 1. The van der Waals surface area contributed by atoms with E-state index in [4.69, 9.17) is 14.6 Å². The van der Waals surface area contributed by atoms with Crippen LogP contribution >= 0.6 is 0 Å². The van der Waals surface area contributed by atoms with Gasteiger partial charge in [0.05, 0.1) is 12.2 Å². The average molecular weight is 174 g/mol. The molecule has 0 amide bonds. The molecule has 0 spiro atoms. The van der Waals surface area contributed by atoms with E-state index < -0.39 is 0 Å². The summed E-state index contributed by atoms with van der Waals surface area (Å²) in [7, 11) is 1.58. The van der Waals surface area contributed by atoms with Crippen molar-refractivity contribution in [3.8, 4) is 0 Å². The first kappa shape index (κ1) is 11.6. The molecular formula is C9H18O3. The largest absolute Gasteiger partial charge is 0.393 e. The molecule has 3 heteroatoms. The third-order valence-electron chi connectivity index (χ3n) is 1.46. The van der Waals surface area contributed by atoms with E-state index in [0.29, 0.717) is 6.42 Å². The number of aliphatic hydroxyl groups is 1. The highest BCUT2D eigenvalue weighted by Gasteiger charge is 2.09. The van der Waals surface area contributed by atoms with Crippen LogP contribution in [0.3, 0.4) is 0 Å². The van der Waals surface area contributed by atoms with Crippen LogP contribution in [0.2, 0.25) is 0 Å². The monoisotopic (exact) mass is 174 g/mol. The van der Waals surface area contributed by atoms with Gasteiger partial charge in [0.25, 0.3) is 0 Å². The third-order valence-corrected chi connectivity index (χ3v) is 1.46. The van der Waals surface area contributed by atoms with Gasteiger partial charge in [-0.25, -0.2) is 0 Å². The van der Waals surface area contributed by atoms with E-state index in [9.17, 15) is 0 Å². The number of rotatable bonds is 7. The first-order valence-electron chi connectivity index (χ1n) is 4.10. The van der Waals surface area contributed by atoms with Crippen LogP contribution in [0.25, 0.3) is 0 Å². The topological polar surface area (TPSA) is 38.7 Å². The summed E-state index contributed by atoms with van der Waals surface area (Å²) in [5, 5.41) is 9.09. The standard InChI is InChI=1S/C9H18O3/c1-4-5-9(6-8(2)10)12-7-11-3/h4,8-10H,1,5-7H2,2-3H3/t8-,9-/m1/s1. The Balaban J connectivity index is 3.61. The Labute approximate surface area is 74.0 Å². The highest BCUT2D eigenvalue weighted by molar-refractivity contribution is 4.74. The van der Waals surface area contributed by atoms with Crippen molar-refractivity contribution >= 4 is 0 Å². The van der Waals surface area contributed by atoms with E-state index >= 15 is 0 Å². The molecule has 0 fully saturated rings. The second-order valence-electron chi connectivity index (χ2n) is 2.80. The Bertz CT molecular complexity index is 112. The summed E-state index contributed by atoms with van der Waals surface area (Å²) in [6, 6.07) is 0. The number of ether oxygens (including phenoxy) is 2. The van der Waals surface area contributed by atoms with Gasteiger partial charge >= 0.3 is 0 Å². The molecule has 0 unspecified atom stereocenters. The molecule has 0 aliphatic carbocycles. The molecule has 1 N–H and O–H groups in total. The quantitative estimate of drug-likeness (QED) is 0.467. The summed E-state index contributed by atoms with van der Waals surface area (Å²) in [5.74, 6) is 0. The maximum absolute atomic E-state index is 9.09. The van der Waals surface area contributed by atoms with Crippen molar-refractivity contribution in [2.45, 2.75) is 32.0 Å². The second-order valence-corrected chi connectivity index (χ2v) is 2.80. The van der Waals surface area contributed by atoms with Crippen LogP contribution in [0, 0.1) is 0 Å². The van der Waals surface area contributed by atoms with Gasteiger partial charge in [0.1, 0.15) is 6.79 Å². The Hall–Kier alpha value is -0.380. The Morgan fingerprint density at radius 2 is 2.25 bits per heavy atom. The van der Waals surface area contributed by atoms with Crippen LogP contribution in [-0.2, 0) is 9.47 Å². The van der Waals surface area contributed by atoms with Crippen molar-refractivity contribution < 1.29 is 14.6 Å². The summed E-state index contributed by atoms with van der Waals surface area (Å²) in [6.45, 7) is 5.62. The zero-order valence-electron chi connectivity index (χ0n) is 7.82. The summed E-state index contributed by atoms with van der Waals surface area (Å²) in [6.07, 6.45) is 2.82. The second kappa shape index (κ2) is 7.28.